The van der Waals surface area contributed by atoms with Crippen molar-refractivity contribution in [3.63, 3.8) is 0 Å². The number of hydrogen-bond donors (Lipinski definition) is 0. The van der Waals surface area contributed by atoms with Gasteiger partial charge in [0, 0.05) is 56.7 Å². The fourth-order valence-corrected chi connectivity index (χ4v) is 4.94. The fraction of sp³-hybridized carbons (Fsp3) is 0.200. The molecule has 0 bridgehead atoms. The van der Waals surface area contributed by atoms with Crippen LogP contribution in [0.5, 0.6) is 0 Å². The molecule has 0 saturated carbocycles. The van der Waals surface area contributed by atoms with Crippen LogP contribution in [0.25, 0.3) is 43.6 Å². The predicted molar refractivity (Wildman–Crippen MR) is 139 cm³/mol. The molecule has 32 heavy (non-hydrogen) atoms. The van der Waals surface area contributed by atoms with Gasteiger partial charge in [0.15, 0.2) is 0 Å². The third-order valence-electron chi connectivity index (χ3n) is 6.25. The summed E-state index contributed by atoms with van der Waals surface area (Å²) in [7, 11) is 0. The Morgan fingerprint density at radius 1 is 0.406 bits per heavy atom. The summed E-state index contributed by atoms with van der Waals surface area (Å²) in [4.78, 5) is 0. The average Bonchev–Trinajstić information content (AvgIpc) is 3.34. The third-order valence-corrected chi connectivity index (χ3v) is 6.25. The number of aromatic nitrogens is 2. The topological polar surface area (TPSA) is 9.86 Å². The molecule has 0 saturated heterocycles. The largest absolute Gasteiger partial charge is 0.340 e. The number of nitrogens with zero attached hydrogens (tertiary/aromatic N) is 2. The molecule has 0 amide bonds. The van der Waals surface area contributed by atoms with Crippen LogP contribution in [0.2, 0.25) is 0 Å². The van der Waals surface area contributed by atoms with E-state index in [1.807, 2.05) is 0 Å². The van der Waals surface area contributed by atoms with Crippen molar-refractivity contribution in [1.82, 2.24) is 9.13 Å². The molecule has 2 nitrogen and oxygen atoms in total. The number of aryl methyl sites for hydroxylation is 2. The van der Waals surface area contributed by atoms with Crippen LogP contribution in [-0.2, 0) is 13.1 Å². The molecule has 0 aliphatic heterocycles. The molecule has 160 valence electrons. The van der Waals surface area contributed by atoms with Gasteiger partial charge in [-0.15, -0.1) is 0 Å². The van der Waals surface area contributed by atoms with Crippen LogP contribution in [-0.4, -0.2) is 9.13 Å². The Kier molecular flexibility index (Phi) is 5.68. The number of rotatable bonds is 4. The van der Waals surface area contributed by atoms with Gasteiger partial charge in [0.25, 0.3) is 0 Å². The highest BCUT2D eigenvalue weighted by Crippen LogP contribution is 2.29. The van der Waals surface area contributed by atoms with Crippen LogP contribution in [0, 0.1) is 0 Å². The number of fused-ring (bicyclic) bond motifs is 6. The summed E-state index contributed by atoms with van der Waals surface area (Å²) in [5, 5.41) is 5.47. The van der Waals surface area contributed by atoms with Gasteiger partial charge in [-0.25, -0.2) is 0 Å². The van der Waals surface area contributed by atoms with Crippen molar-refractivity contribution in [2.24, 2.45) is 0 Å². The summed E-state index contributed by atoms with van der Waals surface area (Å²) >= 11 is 0. The van der Waals surface area contributed by atoms with E-state index in [0.717, 1.165) is 13.1 Å². The Balaban J connectivity index is 0.000000135. The SMILES string of the molecule is CCCn1c2ccccc2c2ccccc21.CCCn1c2ccccc2c2ccccc21. The number of benzene rings is 4. The van der Waals surface area contributed by atoms with Crippen molar-refractivity contribution in [2.45, 2.75) is 39.8 Å². The van der Waals surface area contributed by atoms with E-state index >= 15 is 0 Å². The molecule has 2 heterocycles. The summed E-state index contributed by atoms with van der Waals surface area (Å²) in [5.41, 5.74) is 5.41. The van der Waals surface area contributed by atoms with Crippen molar-refractivity contribution in [3.05, 3.63) is 97.1 Å². The molecule has 6 aromatic rings. The monoisotopic (exact) mass is 418 g/mol. The maximum atomic E-state index is 2.42. The normalized spacial score (nSPS) is 11.3. The second-order valence-corrected chi connectivity index (χ2v) is 8.37. The zero-order chi connectivity index (χ0) is 21.9. The van der Waals surface area contributed by atoms with Crippen molar-refractivity contribution < 1.29 is 0 Å². The van der Waals surface area contributed by atoms with E-state index in [2.05, 4.69) is 120 Å². The Bertz CT molecular complexity index is 1280. The van der Waals surface area contributed by atoms with Crippen LogP contribution >= 0.6 is 0 Å². The van der Waals surface area contributed by atoms with Crippen molar-refractivity contribution >= 4 is 43.6 Å². The van der Waals surface area contributed by atoms with Gasteiger partial charge in [0.1, 0.15) is 0 Å². The molecule has 0 fully saturated rings. The summed E-state index contributed by atoms with van der Waals surface area (Å²) in [5.74, 6) is 0. The molecule has 0 aliphatic rings. The van der Waals surface area contributed by atoms with Crippen molar-refractivity contribution in [1.29, 1.82) is 0 Å². The smallest absolute Gasteiger partial charge is 0.0491 e. The minimum absolute atomic E-state index is 1.09. The van der Waals surface area contributed by atoms with Crippen LogP contribution in [0.3, 0.4) is 0 Å². The van der Waals surface area contributed by atoms with Gasteiger partial charge >= 0.3 is 0 Å². The molecule has 0 spiro atoms. The lowest BCUT2D eigenvalue weighted by molar-refractivity contribution is 0.724. The van der Waals surface area contributed by atoms with E-state index in [0.29, 0.717) is 0 Å². The van der Waals surface area contributed by atoms with E-state index < -0.39 is 0 Å². The first kappa shape index (κ1) is 20.4. The number of hydrogen-bond acceptors (Lipinski definition) is 0. The van der Waals surface area contributed by atoms with Crippen molar-refractivity contribution in [2.75, 3.05) is 0 Å². The predicted octanol–water partition coefficient (Wildman–Crippen LogP) is 8.41. The molecular weight excluding hydrogens is 388 g/mol. The van der Waals surface area contributed by atoms with Crippen LogP contribution in [0.4, 0.5) is 0 Å². The van der Waals surface area contributed by atoms with E-state index in [1.54, 1.807) is 0 Å². The lowest BCUT2D eigenvalue weighted by atomic mass is 10.2. The molecule has 0 atom stereocenters. The molecular formula is C30H30N2. The summed E-state index contributed by atoms with van der Waals surface area (Å²) in [6.07, 6.45) is 2.34. The molecule has 2 aromatic heterocycles. The Morgan fingerprint density at radius 3 is 0.906 bits per heavy atom. The van der Waals surface area contributed by atoms with Gasteiger partial charge in [0.05, 0.1) is 0 Å². The standard InChI is InChI=1S/2C15H15N/c2*1-2-11-16-14-9-5-3-7-12(14)13-8-4-6-10-15(13)16/h2*3-10H,2,11H2,1H3. The minimum Gasteiger partial charge on any atom is -0.340 e. The lowest BCUT2D eigenvalue weighted by Crippen LogP contribution is -1.95. The first-order valence-electron chi connectivity index (χ1n) is 11.8. The first-order chi connectivity index (χ1) is 15.8. The molecule has 0 N–H and O–H groups in total. The summed E-state index contributed by atoms with van der Waals surface area (Å²) in [6, 6.07) is 34.6. The third kappa shape index (κ3) is 3.46. The van der Waals surface area contributed by atoms with Gasteiger partial charge in [-0.1, -0.05) is 86.6 Å². The Hall–Kier alpha value is -3.52. The number of para-hydroxylation sites is 4. The lowest BCUT2D eigenvalue weighted by Gasteiger charge is -2.04. The zero-order valence-corrected chi connectivity index (χ0v) is 19.0. The van der Waals surface area contributed by atoms with E-state index in [4.69, 9.17) is 0 Å². The molecule has 0 radical (unpaired) electrons. The van der Waals surface area contributed by atoms with Gasteiger partial charge < -0.3 is 9.13 Å². The highest BCUT2D eigenvalue weighted by Gasteiger charge is 2.08. The second kappa shape index (κ2) is 8.92. The highest BCUT2D eigenvalue weighted by molar-refractivity contribution is 6.08. The molecule has 0 unspecified atom stereocenters. The maximum absolute atomic E-state index is 2.42. The first-order valence-corrected chi connectivity index (χ1v) is 11.8. The quantitative estimate of drug-likeness (QED) is 0.272. The molecule has 0 aliphatic carbocycles. The van der Waals surface area contributed by atoms with E-state index in [9.17, 15) is 0 Å². The van der Waals surface area contributed by atoms with Gasteiger partial charge in [-0.3, -0.25) is 0 Å². The highest BCUT2D eigenvalue weighted by atomic mass is 15.0. The van der Waals surface area contributed by atoms with Crippen LogP contribution in [0.15, 0.2) is 97.1 Å². The van der Waals surface area contributed by atoms with Crippen LogP contribution in [0.1, 0.15) is 26.7 Å². The summed E-state index contributed by atoms with van der Waals surface area (Å²) < 4.78 is 4.84. The van der Waals surface area contributed by atoms with Gasteiger partial charge in [0.2, 0.25) is 0 Å². The zero-order valence-electron chi connectivity index (χ0n) is 19.0. The maximum Gasteiger partial charge on any atom is 0.0491 e. The average molecular weight is 419 g/mol. The van der Waals surface area contributed by atoms with E-state index in [1.165, 1.54) is 56.5 Å². The minimum atomic E-state index is 1.09. The van der Waals surface area contributed by atoms with Crippen LogP contribution < -0.4 is 0 Å². The van der Waals surface area contributed by atoms with Gasteiger partial charge in [-0.05, 0) is 37.1 Å². The fourth-order valence-electron chi connectivity index (χ4n) is 4.94. The summed E-state index contributed by atoms with van der Waals surface area (Å²) in [6.45, 7) is 6.63. The molecule has 2 heteroatoms. The Labute approximate surface area is 189 Å². The molecule has 6 rings (SSSR count). The molecule has 4 aromatic carbocycles. The second-order valence-electron chi connectivity index (χ2n) is 8.37. The van der Waals surface area contributed by atoms with Crippen molar-refractivity contribution in [3.8, 4) is 0 Å². The van der Waals surface area contributed by atoms with E-state index in [-0.39, 0.29) is 0 Å². The van der Waals surface area contributed by atoms with Gasteiger partial charge in [-0.2, -0.15) is 0 Å². The Morgan fingerprint density at radius 2 is 0.656 bits per heavy atom.